The average Bonchev–Trinajstić information content (AvgIpc) is 2.28. The van der Waals surface area contributed by atoms with Crippen molar-refractivity contribution in [3.8, 4) is 0 Å². The molecule has 0 spiro atoms. The third kappa shape index (κ3) is 6.19. The number of likely N-dealkylation sites (N-methyl/N-ethyl adjacent to an activating group) is 1. The van der Waals surface area contributed by atoms with Gasteiger partial charge in [-0.1, -0.05) is 13.0 Å². The first kappa shape index (κ1) is 14.6. The van der Waals surface area contributed by atoms with E-state index in [1.165, 1.54) is 7.11 Å². The lowest BCUT2D eigenvalue weighted by Crippen LogP contribution is -2.33. The number of ether oxygens (including phenoxy) is 1. The fraction of sp³-hybridized carbons (Fsp3) is 0.636. The summed E-state index contributed by atoms with van der Waals surface area (Å²) in [6.07, 6.45) is 2.36. The first-order valence-electron chi connectivity index (χ1n) is 5.40. The van der Waals surface area contributed by atoms with Gasteiger partial charge in [-0.05, 0) is 13.3 Å². The van der Waals surface area contributed by atoms with Crippen molar-refractivity contribution in [3.63, 3.8) is 0 Å². The quantitative estimate of drug-likeness (QED) is 0.371. The van der Waals surface area contributed by atoms with Gasteiger partial charge in [0.05, 0.1) is 13.7 Å². The molecule has 2 N–H and O–H groups in total. The van der Waals surface area contributed by atoms with Crippen molar-refractivity contribution in [1.29, 1.82) is 0 Å². The summed E-state index contributed by atoms with van der Waals surface area (Å²) in [6.45, 7) is 5.10. The molecule has 0 atom stereocenters. The standard InChI is InChI=1S/C11H20N2O3/c1-4-9(11(15)16-3)6-7-12-8-10(14)13-5-2/h6,12H,4-5,7-8H2,1-3H3,(H,13,14)/b9-6-. The van der Waals surface area contributed by atoms with E-state index in [9.17, 15) is 9.59 Å². The van der Waals surface area contributed by atoms with Gasteiger partial charge in [0.15, 0.2) is 0 Å². The Bertz CT molecular complexity index is 262. The number of carbonyl (C=O) groups is 2. The molecule has 0 bridgehead atoms. The van der Waals surface area contributed by atoms with Crippen LogP contribution in [0.2, 0.25) is 0 Å². The maximum absolute atomic E-state index is 11.2. The second-order valence-corrected chi connectivity index (χ2v) is 3.16. The summed E-state index contributed by atoms with van der Waals surface area (Å²) in [7, 11) is 1.36. The molecule has 5 heteroatoms. The number of nitrogens with one attached hydrogen (secondary N) is 2. The zero-order chi connectivity index (χ0) is 12.4. The highest BCUT2D eigenvalue weighted by Crippen LogP contribution is 2.01. The van der Waals surface area contributed by atoms with Crippen LogP contribution in [0.5, 0.6) is 0 Å². The number of rotatable bonds is 7. The van der Waals surface area contributed by atoms with Gasteiger partial charge in [0, 0.05) is 18.7 Å². The minimum atomic E-state index is -0.317. The number of esters is 1. The monoisotopic (exact) mass is 228 g/mol. The average molecular weight is 228 g/mol. The number of methoxy groups -OCH3 is 1. The number of carbonyl (C=O) groups excluding carboxylic acids is 2. The molecule has 92 valence electrons. The van der Waals surface area contributed by atoms with Crippen molar-refractivity contribution < 1.29 is 14.3 Å². The normalized spacial score (nSPS) is 11.1. The Morgan fingerprint density at radius 1 is 1.31 bits per heavy atom. The fourth-order valence-electron chi connectivity index (χ4n) is 1.14. The Kier molecular flexibility index (Phi) is 8.15. The molecule has 0 fully saturated rings. The van der Waals surface area contributed by atoms with Gasteiger partial charge >= 0.3 is 5.97 Å². The van der Waals surface area contributed by atoms with E-state index in [2.05, 4.69) is 15.4 Å². The van der Waals surface area contributed by atoms with Crippen LogP contribution < -0.4 is 10.6 Å². The molecule has 0 aromatic rings. The predicted molar refractivity (Wildman–Crippen MR) is 61.9 cm³/mol. The summed E-state index contributed by atoms with van der Waals surface area (Å²) in [5, 5.41) is 5.59. The van der Waals surface area contributed by atoms with Crippen molar-refractivity contribution in [2.45, 2.75) is 20.3 Å². The molecule has 1 amide bonds. The molecule has 0 heterocycles. The van der Waals surface area contributed by atoms with Crippen molar-refractivity contribution in [2.24, 2.45) is 0 Å². The Morgan fingerprint density at radius 2 is 2.00 bits per heavy atom. The maximum Gasteiger partial charge on any atom is 0.333 e. The molecule has 0 aliphatic heterocycles. The molecule has 0 unspecified atom stereocenters. The fourth-order valence-corrected chi connectivity index (χ4v) is 1.14. The van der Waals surface area contributed by atoms with E-state index in [0.717, 1.165) is 0 Å². The second-order valence-electron chi connectivity index (χ2n) is 3.16. The minimum absolute atomic E-state index is 0.0491. The second kappa shape index (κ2) is 8.91. The molecule has 0 saturated carbocycles. The van der Waals surface area contributed by atoms with E-state index in [1.807, 2.05) is 13.8 Å². The molecule has 0 aliphatic carbocycles. The molecular formula is C11H20N2O3. The molecule has 0 aromatic heterocycles. The Morgan fingerprint density at radius 3 is 2.50 bits per heavy atom. The van der Waals surface area contributed by atoms with Gasteiger partial charge in [-0.15, -0.1) is 0 Å². The molecular weight excluding hydrogens is 208 g/mol. The van der Waals surface area contributed by atoms with E-state index >= 15 is 0 Å². The van der Waals surface area contributed by atoms with Crippen LogP contribution in [0.25, 0.3) is 0 Å². The third-order valence-electron chi connectivity index (χ3n) is 1.98. The summed E-state index contributed by atoms with van der Waals surface area (Å²) in [5.74, 6) is -0.366. The Hall–Kier alpha value is -1.36. The Balaban J connectivity index is 3.88. The summed E-state index contributed by atoms with van der Waals surface area (Å²) < 4.78 is 4.61. The van der Waals surface area contributed by atoms with Crippen LogP contribution >= 0.6 is 0 Å². The topological polar surface area (TPSA) is 67.4 Å². The first-order chi connectivity index (χ1) is 7.65. The van der Waals surface area contributed by atoms with E-state index in [0.29, 0.717) is 25.1 Å². The molecule has 16 heavy (non-hydrogen) atoms. The SMILES string of the molecule is CCNC(=O)CNC/C=C(/CC)C(=O)OC. The van der Waals surface area contributed by atoms with Crippen molar-refractivity contribution >= 4 is 11.9 Å². The minimum Gasteiger partial charge on any atom is -0.466 e. The summed E-state index contributed by atoms with van der Waals surface area (Å²) >= 11 is 0. The van der Waals surface area contributed by atoms with Crippen LogP contribution in [0.4, 0.5) is 0 Å². The number of hydrogen-bond acceptors (Lipinski definition) is 4. The molecule has 5 nitrogen and oxygen atoms in total. The highest BCUT2D eigenvalue weighted by molar-refractivity contribution is 5.88. The number of amides is 1. The van der Waals surface area contributed by atoms with Crippen LogP contribution in [0, 0.1) is 0 Å². The molecule has 0 radical (unpaired) electrons. The van der Waals surface area contributed by atoms with Gasteiger partial charge in [0.2, 0.25) is 5.91 Å². The van der Waals surface area contributed by atoms with Crippen LogP contribution in [-0.2, 0) is 14.3 Å². The molecule has 0 aromatic carbocycles. The predicted octanol–water partition coefficient (Wildman–Crippen LogP) is 0.222. The third-order valence-corrected chi connectivity index (χ3v) is 1.98. The molecule has 0 saturated heterocycles. The van der Waals surface area contributed by atoms with Crippen LogP contribution in [0.15, 0.2) is 11.6 Å². The van der Waals surface area contributed by atoms with Gasteiger partial charge in [-0.25, -0.2) is 4.79 Å². The van der Waals surface area contributed by atoms with Crippen molar-refractivity contribution in [2.75, 3.05) is 26.7 Å². The first-order valence-corrected chi connectivity index (χ1v) is 5.40. The smallest absolute Gasteiger partial charge is 0.333 e. The zero-order valence-electron chi connectivity index (χ0n) is 10.1. The Labute approximate surface area is 96.2 Å². The van der Waals surface area contributed by atoms with Crippen LogP contribution in [0.1, 0.15) is 20.3 Å². The van der Waals surface area contributed by atoms with Gasteiger partial charge < -0.3 is 15.4 Å². The van der Waals surface area contributed by atoms with Gasteiger partial charge in [-0.3, -0.25) is 4.79 Å². The van der Waals surface area contributed by atoms with E-state index in [4.69, 9.17) is 0 Å². The molecule has 0 aliphatic rings. The van der Waals surface area contributed by atoms with Gasteiger partial charge in [0.1, 0.15) is 0 Å². The van der Waals surface area contributed by atoms with E-state index in [-0.39, 0.29) is 18.4 Å². The lowest BCUT2D eigenvalue weighted by molar-refractivity contribution is -0.136. The summed E-state index contributed by atoms with van der Waals surface area (Å²) in [4.78, 5) is 22.2. The summed E-state index contributed by atoms with van der Waals surface area (Å²) in [5.41, 5.74) is 0.617. The van der Waals surface area contributed by atoms with Gasteiger partial charge in [-0.2, -0.15) is 0 Å². The molecule has 0 rings (SSSR count). The van der Waals surface area contributed by atoms with Gasteiger partial charge in [0.25, 0.3) is 0 Å². The van der Waals surface area contributed by atoms with Crippen molar-refractivity contribution in [3.05, 3.63) is 11.6 Å². The lowest BCUT2D eigenvalue weighted by atomic mass is 10.2. The van der Waals surface area contributed by atoms with Crippen LogP contribution in [0.3, 0.4) is 0 Å². The van der Waals surface area contributed by atoms with Crippen molar-refractivity contribution in [1.82, 2.24) is 10.6 Å². The van der Waals surface area contributed by atoms with E-state index < -0.39 is 0 Å². The highest BCUT2D eigenvalue weighted by Gasteiger charge is 2.05. The number of hydrogen-bond donors (Lipinski definition) is 2. The van der Waals surface area contributed by atoms with E-state index in [1.54, 1.807) is 6.08 Å². The maximum atomic E-state index is 11.2. The zero-order valence-corrected chi connectivity index (χ0v) is 10.1. The summed E-state index contributed by atoms with van der Waals surface area (Å²) in [6, 6.07) is 0. The largest absolute Gasteiger partial charge is 0.466 e. The lowest BCUT2D eigenvalue weighted by Gasteiger charge is -2.04. The highest BCUT2D eigenvalue weighted by atomic mass is 16.5. The van der Waals surface area contributed by atoms with Crippen LogP contribution in [-0.4, -0.2) is 38.6 Å².